The van der Waals surface area contributed by atoms with Crippen LogP contribution in [0.3, 0.4) is 0 Å². The van der Waals surface area contributed by atoms with Crippen LogP contribution in [0, 0.1) is 5.21 Å². The molecule has 0 radical (unpaired) electrons. The number of rotatable bonds is 7. The molecule has 92 valence electrons. The van der Waals surface area contributed by atoms with Gasteiger partial charge in [-0.3, -0.25) is 4.79 Å². The molecule has 0 unspecified atom stereocenters. The summed E-state index contributed by atoms with van der Waals surface area (Å²) in [6.07, 6.45) is 6.23. The molecular formula is C13H17NO3. The van der Waals surface area contributed by atoms with Gasteiger partial charge >= 0.3 is 5.97 Å². The average Bonchev–Trinajstić information content (AvgIpc) is 2.34. The highest BCUT2D eigenvalue weighted by Gasteiger charge is 2.07. The minimum Gasteiger partial charge on any atom is -0.618 e. The van der Waals surface area contributed by atoms with Crippen molar-refractivity contribution in [3.8, 4) is 0 Å². The van der Waals surface area contributed by atoms with Crippen molar-refractivity contribution in [1.29, 1.82) is 0 Å². The molecule has 0 saturated carbocycles. The van der Waals surface area contributed by atoms with Crippen LogP contribution in [0.5, 0.6) is 0 Å². The molecule has 1 heterocycles. The molecule has 4 heteroatoms. The Bertz CT molecular complexity index is 377. The number of allylic oxidation sites excluding steroid dienone is 1. The van der Waals surface area contributed by atoms with Crippen LogP contribution in [0.15, 0.2) is 37.1 Å². The fraction of sp³-hybridized carbons (Fsp3) is 0.385. The predicted octanol–water partition coefficient (Wildman–Crippen LogP) is 2.11. The first-order valence-electron chi connectivity index (χ1n) is 5.67. The number of aromatic nitrogens is 1. The molecule has 1 aromatic heterocycles. The van der Waals surface area contributed by atoms with Gasteiger partial charge in [0.15, 0.2) is 12.8 Å². The van der Waals surface area contributed by atoms with Gasteiger partial charge in [0.2, 0.25) is 5.69 Å². The molecule has 0 saturated heterocycles. The van der Waals surface area contributed by atoms with Gasteiger partial charge in [0, 0.05) is 18.6 Å². The van der Waals surface area contributed by atoms with Crippen molar-refractivity contribution in [2.75, 3.05) is 0 Å². The fourth-order valence-electron chi connectivity index (χ4n) is 1.36. The van der Waals surface area contributed by atoms with Crippen molar-refractivity contribution < 1.29 is 14.3 Å². The number of unbranched alkanes of at least 4 members (excludes halogenated alkanes) is 2. The Morgan fingerprint density at radius 3 is 3.00 bits per heavy atom. The van der Waals surface area contributed by atoms with Gasteiger partial charge in [-0.05, 0) is 25.3 Å². The molecule has 0 spiro atoms. The van der Waals surface area contributed by atoms with E-state index in [1.807, 2.05) is 6.08 Å². The third-order valence-electron chi connectivity index (χ3n) is 2.32. The van der Waals surface area contributed by atoms with E-state index in [-0.39, 0.29) is 12.6 Å². The fourth-order valence-corrected chi connectivity index (χ4v) is 1.36. The van der Waals surface area contributed by atoms with E-state index in [1.54, 1.807) is 18.2 Å². The number of hydrogen-bond acceptors (Lipinski definition) is 3. The SMILES string of the molecule is C=CCCCCC(=O)OCc1cccc[n+]1[O-]. The van der Waals surface area contributed by atoms with Crippen LogP contribution in [-0.4, -0.2) is 5.97 Å². The number of hydrogen-bond donors (Lipinski definition) is 0. The third kappa shape index (κ3) is 5.15. The van der Waals surface area contributed by atoms with E-state index in [0.29, 0.717) is 16.8 Å². The molecule has 0 amide bonds. The summed E-state index contributed by atoms with van der Waals surface area (Å²) >= 11 is 0. The lowest BCUT2D eigenvalue weighted by molar-refractivity contribution is -0.616. The second-order valence-corrected chi connectivity index (χ2v) is 3.71. The molecule has 0 bridgehead atoms. The molecule has 0 N–H and O–H groups in total. The number of carbonyl (C=O) groups excluding carboxylic acids is 1. The third-order valence-corrected chi connectivity index (χ3v) is 2.32. The molecule has 4 nitrogen and oxygen atoms in total. The Hall–Kier alpha value is -1.84. The Kier molecular flexibility index (Phi) is 5.79. The molecule has 0 fully saturated rings. The van der Waals surface area contributed by atoms with Crippen molar-refractivity contribution in [2.24, 2.45) is 0 Å². The second-order valence-electron chi connectivity index (χ2n) is 3.71. The smallest absolute Gasteiger partial charge is 0.306 e. The first-order valence-corrected chi connectivity index (χ1v) is 5.67. The normalized spacial score (nSPS) is 9.88. The summed E-state index contributed by atoms with van der Waals surface area (Å²) in [7, 11) is 0. The largest absolute Gasteiger partial charge is 0.618 e. The first-order chi connectivity index (χ1) is 8.24. The van der Waals surface area contributed by atoms with Crippen LogP contribution in [0.4, 0.5) is 0 Å². The van der Waals surface area contributed by atoms with Gasteiger partial charge in [0.1, 0.15) is 0 Å². The van der Waals surface area contributed by atoms with Crippen LogP contribution in [0.25, 0.3) is 0 Å². The maximum Gasteiger partial charge on any atom is 0.306 e. The van der Waals surface area contributed by atoms with E-state index in [0.717, 1.165) is 19.3 Å². The molecule has 1 rings (SSSR count). The Morgan fingerprint density at radius 2 is 2.29 bits per heavy atom. The van der Waals surface area contributed by atoms with Crippen molar-refractivity contribution in [3.63, 3.8) is 0 Å². The van der Waals surface area contributed by atoms with E-state index in [4.69, 9.17) is 4.74 Å². The lowest BCUT2D eigenvalue weighted by atomic mass is 10.2. The first kappa shape index (κ1) is 13.2. The number of nitrogens with zero attached hydrogens (tertiary/aromatic N) is 1. The summed E-state index contributed by atoms with van der Waals surface area (Å²) < 4.78 is 5.70. The van der Waals surface area contributed by atoms with E-state index in [2.05, 4.69) is 6.58 Å². The molecule has 0 aliphatic heterocycles. The van der Waals surface area contributed by atoms with Gasteiger partial charge in [-0.25, -0.2) is 0 Å². The van der Waals surface area contributed by atoms with Crippen LogP contribution >= 0.6 is 0 Å². The van der Waals surface area contributed by atoms with Gasteiger partial charge in [-0.15, -0.1) is 6.58 Å². The Balaban J connectivity index is 2.24. The molecule has 17 heavy (non-hydrogen) atoms. The summed E-state index contributed by atoms with van der Waals surface area (Å²) in [5.74, 6) is -0.266. The zero-order chi connectivity index (χ0) is 12.5. The molecule has 0 aliphatic rings. The van der Waals surface area contributed by atoms with Crippen LogP contribution in [0.1, 0.15) is 31.4 Å². The van der Waals surface area contributed by atoms with Crippen molar-refractivity contribution in [2.45, 2.75) is 32.3 Å². The quantitative estimate of drug-likeness (QED) is 0.239. The van der Waals surface area contributed by atoms with Gasteiger partial charge < -0.3 is 9.94 Å². The Labute approximate surface area is 101 Å². The van der Waals surface area contributed by atoms with Gasteiger partial charge in [-0.1, -0.05) is 6.08 Å². The number of carbonyl (C=O) groups is 1. The van der Waals surface area contributed by atoms with E-state index in [9.17, 15) is 10.0 Å². The summed E-state index contributed by atoms with van der Waals surface area (Å²) in [5.41, 5.74) is 0.437. The predicted molar refractivity (Wildman–Crippen MR) is 63.9 cm³/mol. The minimum atomic E-state index is -0.266. The summed E-state index contributed by atoms with van der Waals surface area (Å²) in [6.45, 7) is 3.64. The van der Waals surface area contributed by atoms with Crippen LogP contribution in [-0.2, 0) is 16.1 Å². The second kappa shape index (κ2) is 7.44. The van der Waals surface area contributed by atoms with Crippen LogP contribution in [0.2, 0.25) is 0 Å². The molecule has 0 aromatic carbocycles. The van der Waals surface area contributed by atoms with E-state index < -0.39 is 0 Å². The van der Waals surface area contributed by atoms with Gasteiger partial charge in [0.25, 0.3) is 0 Å². The Morgan fingerprint density at radius 1 is 1.47 bits per heavy atom. The highest BCUT2D eigenvalue weighted by molar-refractivity contribution is 5.69. The number of pyridine rings is 1. The molecule has 0 atom stereocenters. The molecular weight excluding hydrogens is 218 g/mol. The number of ether oxygens (including phenoxy) is 1. The highest BCUT2D eigenvalue weighted by atomic mass is 16.5. The van der Waals surface area contributed by atoms with Gasteiger partial charge in [0.05, 0.1) is 0 Å². The maximum atomic E-state index is 11.3. The van der Waals surface area contributed by atoms with E-state index >= 15 is 0 Å². The lowest BCUT2D eigenvalue weighted by Gasteiger charge is -2.05. The van der Waals surface area contributed by atoms with Crippen molar-refractivity contribution >= 4 is 5.97 Å². The van der Waals surface area contributed by atoms with Crippen LogP contribution < -0.4 is 4.73 Å². The average molecular weight is 235 g/mol. The summed E-state index contributed by atoms with van der Waals surface area (Å²) in [4.78, 5) is 11.3. The standard InChI is InChI=1S/C13H17NO3/c1-2-3-4-5-9-13(15)17-11-12-8-6-7-10-14(12)16/h2,6-8,10H,1,3-5,9,11H2. The summed E-state index contributed by atoms with van der Waals surface area (Å²) in [5, 5.41) is 11.2. The minimum absolute atomic E-state index is 0.0324. The summed E-state index contributed by atoms with van der Waals surface area (Å²) in [6, 6.07) is 5.01. The van der Waals surface area contributed by atoms with Crippen molar-refractivity contribution in [1.82, 2.24) is 0 Å². The molecule has 0 aliphatic carbocycles. The lowest BCUT2D eigenvalue weighted by Crippen LogP contribution is -2.31. The topological polar surface area (TPSA) is 53.2 Å². The molecule has 1 aromatic rings. The van der Waals surface area contributed by atoms with E-state index in [1.165, 1.54) is 6.20 Å². The van der Waals surface area contributed by atoms with Crippen molar-refractivity contribution in [3.05, 3.63) is 48.0 Å². The monoisotopic (exact) mass is 235 g/mol. The maximum absolute atomic E-state index is 11.3. The zero-order valence-electron chi connectivity index (χ0n) is 9.80. The zero-order valence-corrected chi connectivity index (χ0v) is 9.80. The highest BCUT2D eigenvalue weighted by Crippen LogP contribution is 2.03. The van der Waals surface area contributed by atoms with Gasteiger partial charge in [-0.2, -0.15) is 4.73 Å². The number of esters is 1.